The minimum atomic E-state index is 0.0942. The molecular formula is C30H34N4O2. The van der Waals surface area contributed by atoms with Gasteiger partial charge < -0.3 is 20.3 Å². The Morgan fingerprint density at radius 2 is 1.58 bits per heavy atom. The number of benzene rings is 3. The van der Waals surface area contributed by atoms with Crippen LogP contribution in [0.15, 0.2) is 97.3 Å². The maximum absolute atomic E-state index is 13.5. The van der Waals surface area contributed by atoms with Crippen molar-refractivity contribution in [1.29, 1.82) is 0 Å². The normalized spacial score (nSPS) is 10.9. The number of carbonyl (C=O) groups is 1. The molecule has 0 aliphatic rings. The van der Waals surface area contributed by atoms with Crippen LogP contribution >= 0.6 is 0 Å². The molecule has 186 valence electrons. The van der Waals surface area contributed by atoms with Crippen molar-refractivity contribution in [2.75, 3.05) is 25.0 Å². The van der Waals surface area contributed by atoms with Crippen LogP contribution in [-0.4, -0.2) is 45.5 Å². The van der Waals surface area contributed by atoms with Crippen molar-refractivity contribution in [3.05, 3.63) is 114 Å². The average molecular weight is 483 g/mol. The number of phenols is 1. The Kier molecular flexibility index (Phi) is 9.14. The Balaban J connectivity index is 1.44. The molecule has 4 aromatic rings. The first-order valence-electron chi connectivity index (χ1n) is 12.6. The van der Waals surface area contributed by atoms with E-state index in [9.17, 15) is 9.90 Å². The zero-order chi connectivity index (χ0) is 25.0. The summed E-state index contributed by atoms with van der Waals surface area (Å²) in [5, 5.41) is 12.9. The van der Waals surface area contributed by atoms with Gasteiger partial charge in [-0.3, -0.25) is 4.79 Å². The van der Waals surface area contributed by atoms with Crippen molar-refractivity contribution < 1.29 is 9.90 Å². The summed E-state index contributed by atoms with van der Waals surface area (Å²) in [6, 6.07) is 28.1. The van der Waals surface area contributed by atoms with Crippen LogP contribution in [0.3, 0.4) is 0 Å². The first-order chi connectivity index (χ1) is 17.7. The molecule has 0 aliphatic heterocycles. The van der Waals surface area contributed by atoms with Gasteiger partial charge in [-0.15, -0.1) is 0 Å². The topological polar surface area (TPSA) is 81.2 Å². The summed E-state index contributed by atoms with van der Waals surface area (Å²) in [5.74, 6) is 1.27. The smallest absolute Gasteiger partial charge is 0.222 e. The Bertz CT molecular complexity index is 1120. The lowest BCUT2D eigenvalue weighted by Gasteiger charge is -2.29. The van der Waals surface area contributed by atoms with Gasteiger partial charge in [0.2, 0.25) is 5.91 Å². The first-order valence-corrected chi connectivity index (χ1v) is 12.6. The molecule has 3 N–H and O–H groups in total. The minimum absolute atomic E-state index is 0.0942. The molecule has 0 saturated heterocycles. The Labute approximate surface area is 213 Å². The fourth-order valence-electron chi connectivity index (χ4n) is 4.37. The summed E-state index contributed by atoms with van der Waals surface area (Å²) in [4.78, 5) is 22.7. The third-order valence-electron chi connectivity index (χ3n) is 6.37. The number of nitrogens with zero attached hydrogens (tertiary/aromatic N) is 2. The molecule has 0 radical (unpaired) electrons. The highest BCUT2D eigenvalue weighted by Crippen LogP contribution is 2.26. The number of rotatable bonds is 13. The number of aromatic nitrogens is 2. The predicted octanol–water partition coefficient (Wildman–Crippen LogP) is 5.60. The summed E-state index contributed by atoms with van der Waals surface area (Å²) < 4.78 is 0. The predicted molar refractivity (Wildman–Crippen MR) is 144 cm³/mol. The largest absolute Gasteiger partial charge is 0.508 e. The van der Waals surface area contributed by atoms with Crippen LogP contribution in [0.2, 0.25) is 0 Å². The van der Waals surface area contributed by atoms with Gasteiger partial charge in [-0.05, 0) is 48.1 Å². The third-order valence-corrected chi connectivity index (χ3v) is 6.37. The molecule has 0 spiro atoms. The van der Waals surface area contributed by atoms with Crippen molar-refractivity contribution in [1.82, 2.24) is 14.9 Å². The number of hydrogen-bond acceptors (Lipinski definition) is 4. The van der Waals surface area contributed by atoms with Crippen LogP contribution < -0.4 is 5.32 Å². The third kappa shape index (κ3) is 7.47. The van der Waals surface area contributed by atoms with Gasteiger partial charge in [0.1, 0.15) is 5.75 Å². The molecule has 6 heteroatoms. The van der Waals surface area contributed by atoms with Gasteiger partial charge in [-0.25, -0.2) is 4.98 Å². The van der Waals surface area contributed by atoms with E-state index in [1.807, 2.05) is 29.2 Å². The van der Waals surface area contributed by atoms with Gasteiger partial charge in [0, 0.05) is 44.4 Å². The molecule has 0 saturated carbocycles. The fourth-order valence-corrected chi connectivity index (χ4v) is 4.37. The van der Waals surface area contributed by atoms with Crippen molar-refractivity contribution >= 4 is 11.9 Å². The maximum Gasteiger partial charge on any atom is 0.222 e. The van der Waals surface area contributed by atoms with Gasteiger partial charge in [-0.2, -0.15) is 0 Å². The lowest BCUT2D eigenvalue weighted by atomic mass is 9.90. The van der Waals surface area contributed by atoms with Crippen LogP contribution in [0.1, 0.15) is 41.9 Å². The summed E-state index contributed by atoms with van der Waals surface area (Å²) in [7, 11) is 0. The van der Waals surface area contributed by atoms with Crippen LogP contribution in [0.4, 0.5) is 5.95 Å². The number of anilines is 1. The molecule has 0 fully saturated rings. The van der Waals surface area contributed by atoms with Gasteiger partial charge >= 0.3 is 0 Å². The Morgan fingerprint density at radius 3 is 2.19 bits per heavy atom. The van der Waals surface area contributed by atoms with Gasteiger partial charge in [-0.1, -0.05) is 72.8 Å². The van der Waals surface area contributed by atoms with Gasteiger partial charge in [0.25, 0.3) is 0 Å². The van der Waals surface area contributed by atoms with Gasteiger partial charge in [0.15, 0.2) is 5.95 Å². The van der Waals surface area contributed by atoms with E-state index >= 15 is 0 Å². The number of nitrogens with one attached hydrogen (secondary N) is 2. The van der Waals surface area contributed by atoms with Crippen LogP contribution in [-0.2, 0) is 11.2 Å². The van der Waals surface area contributed by atoms with Crippen molar-refractivity contribution in [3.8, 4) is 5.75 Å². The number of phenolic OH excluding ortho intramolecular Hbond substituents is 1. The van der Waals surface area contributed by atoms with E-state index in [1.54, 1.807) is 24.5 Å². The quantitative estimate of drug-likeness (QED) is 0.217. The van der Waals surface area contributed by atoms with E-state index in [2.05, 4.69) is 63.8 Å². The zero-order valence-corrected chi connectivity index (χ0v) is 20.5. The molecule has 3 aromatic carbocycles. The molecule has 1 heterocycles. The number of carbonyl (C=O) groups excluding carboxylic acids is 1. The average Bonchev–Trinajstić information content (AvgIpc) is 3.44. The van der Waals surface area contributed by atoms with Crippen molar-refractivity contribution in [2.45, 2.75) is 31.6 Å². The molecule has 0 atom stereocenters. The number of aromatic amines is 1. The van der Waals surface area contributed by atoms with E-state index in [1.165, 1.54) is 11.1 Å². The molecule has 1 aromatic heterocycles. The number of unbranched alkanes of at least 4 members (excludes halogenated alkanes) is 1. The lowest BCUT2D eigenvalue weighted by Crippen LogP contribution is -2.36. The second-order valence-electron chi connectivity index (χ2n) is 8.95. The maximum atomic E-state index is 13.5. The molecule has 0 bridgehead atoms. The summed E-state index contributed by atoms with van der Waals surface area (Å²) in [6.07, 6.45) is 6.44. The summed E-state index contributed by atoms with van der Waals surface area (Å²) in [6.45, 7) is 2.02. The number of H-pyrrole nitrogens is 1. The number of imidazole rings is 1. The highest BCUT2D eigenvalue weighted by molar-refractivity contribution is 5.76. The van der Waals surface area contributed by atoms with E-state index in [0.29, 0.717) is 19.5 Å². The molecular weight excluding hydrogens is 448 g/mol. The van der Waals surface area contributed by atoms with Crippen LogP contribution in [0, 0.1) is 0 Å². The minimum Gasteiger partial charge on any atom is -0.508 e. The van der Waals surface area contributed by atoms with Gasteiger partial charge in [0.05, 0.1) is 0 Å². The first kappa shape index (κ1) is 25.0. The standard InChI is InChI=1S/C30H34N4O2/c35-27-16-14-24(15-17-27)18-22-34(29(36)13-7-8-19-31-30-32-20-21-33-30)23-28(25-9-3-1-4-10-25)26-11-5-2-6-12-26/h1-6,9-12,14-17,20-21,28,35H,7-8,13,18-19,22-23H2,(H2,31,32,33). The second kappa shape index (κ2) is 13.1. The Morgan fingerprint density at radius 1 is 0.917 bits per heavy atom. The summed E-state index contributed by atoms with van der Waals surface area (Å²) in [5.41, 5.74) is 3.51. The second-order valence-corrected chi connectivity index (χ2v) is 8.95. The van der Waals surface area contributed by atoms with Crippen molar-refractivity contribution in [2.24, 2.45) is 0 Å². The molecule has 0 unspecified atom stereocenters. The number of hydrogen-bond donors (Lipinski definition) is 3. The number of amides is 1. The molecule has 0 aliphatic carbocycles. The Hall–Kier alpha value is -4.06. The summed E-state index contributed by atoms with van der Waals surface area (Å²) >= 11 is 0. The molecule has 36 heavy (non-hydrogen) atoms. The zero-order valence-electron chi connectivity index (χ0n) is 20.5. The molecule has 4 rings (SSSR count). The fraction of sp³-hybridized carbons (Fsp3) is 0.267. The van der Waals surface area contributed by atoms with Crippen LogP contribution in [0.5, 0.6) is 5.75 Å². The van der Waals surface area contributed by atoms with E-state index in [0.717, 1.165) is 37.3 Å². The lowest BCUT2D eigenvalue weighted by molar-refractivity contribution is -0.131. The SMILES string of the molecule is O=C(CCCCNc1ncc[nH]1)N(CCc1ccc(O)cc1)CC(c1ccccc1)c1ccccc1. The highest BCUT2D eigenvalue weighted by atomic mass is 16.3. The highest BCUT2D eigenvalue weighted by Gasteiger charge is 2.21. The van der Waals surface area contributed by atoms with Crippen LogP contribution in [0.25, 0.3) is 0 Å². The van der Waals surface area contributed by atoms with E-state index in [4.69, 9.17) is 0 Å². The molecule has 6 nitrogen and oxygen atoms in total. The van der Waals surface area contributed by atoms with E-state index < -0.39 is 0 Å². The monoisotopic (exact) mass is 482 g/mol. The van der Waals surface area contributed by atoms with Crippen molar-refractivity contribution in [3.63, 3.8) is 0 Å². The van der Waals surface area contributed by atoms with E-state index in [-0.39, 0.29) is 17.6 Å². The molecule has 1 amide bonds. The number of aromatic hydroxyl groups is 1.